The van der Waals surface area contributed by atoms with E-state index in [-0.39, 0.29) is 0 Å². The second-order valence-electron chi connectivity index (χ2n) is 2.84. The van der Waals surface area contributed by atoms with E-state index in [4.69, 9.17) is 0 Å². The highest BCUT2D eigenvalue weighted by atomic mass is 32.1. The lowest BCUT2D eigenvalue weighted by atomic mass is 10.2. The second kappa shape index (κ2) is 3.66. The van der Waals surface area contributed by atoms with Crippen LogP contribution in [0.2, 0.25) is 0 Å². The van der Waals surface area contributed by atoms with E-state index in [0.717, 1.165) is 17.8 Å². The summed E-state index contributed by atoms with van der Waals surface area (Å²) in [5, 5.41) is 2.08. The third-order valence-corrected chi connectivity index (χ3v) is 2.78. The zero-order valence-electron chi connectivity index (χ0n) is 7.40. The van der Waals surface area contributed by atoms with Gasteiger partial charge in [0.25, 0.3) is 0 Å². The summed E-state index contributed by atoms with van der Waals surface area (Å²) in [7, 11) is 0. The van der Waals surface area contributed by atoms with Crippen molar-refractivity contribution >= 4 is 11.3 Å². The molecule has 0 saturated heterocycles. The highest BCUT2D eigenvalue weighted by Gasteiger charge is 2.01. The third-order valence-electron chi connectivity index (χ3n) is 1.90. The minimum absolute atomic E-state index is 0.900. The molecular formula is C10H10N2S. The van der Waals surface area contributed by atoms with Crippen LogP contribution in [0.25, 0.3) is 0 Å². The zero-order valence-corrected chi connectivity index (χ0v) is 8.21. The largest absolute Gasteiger partial charge is 0.258 e. The number of nitrogens with zero attached hydrogens (tertiary/aromatic N) is 2. The van der Waals surface area contributed by atoms with Crippen LogP contribution in [-0.2, 0) is 6.42 Å². The summed E-state index contributed by atoms with van der Waals surface area (Å²) < 4.78 is 0. The predicted octanol–water partition coefficient (Wildman–Crippen LogP) is 2.44. The Morgan fingerprint density at radius 2 is 2.15 bits per heavy atom. The maximum atomic E-state index is 4.30. The third kappa shape index (κ3) is 1.92. The minimum Gasteiger partial charge on any atom is -0.258 e. The van der Waals surface area contributed by atoms with Gasteiger partial charge in [0.15, 0.2) is 0 Å². The SMILES string of the molecule is Cc1nccnc1Cc1cccs1. The predicted molar refractivity (Wildman–Crippen MR) is 53.9 cm³/mol. The molecule has 2 nitrogen and oxygen atoms in total. The van der Waals surface area contributed by atoms with Gasteiger partial charge in [0.05, 0.1) is 11.4 Å². The fourth-order valence-corrected chi connectivity index (χ4v) is 1.90. The van der Waals surface area contributed by atoms with Gasteiger partial charge < -0.3 is 0 Å². The van der Waals surface area contributed by atoms with Gasteiger partial charge in [-0.15, -0.1) is 11.3 Å². The van der Waals surface area contributed by atoms with E-state index in [1.807, 2.05) is 6.92 Å². The number of aromatic nitrogens is 2. The van der Waals surface area contributed by atoms with Crippen molar-refractivity contribution in [2.45, 2.75) is 13.3 Å². The van der Waals surface area contributed by atoms with Crippen LogP contribution >= 0.6 is 11.3 Å². The fraction of sp³-hybridized carbons (Fsp3) is 0.200. The Kier molecular flexibility index (Phi) is 2.36. The van der Waals surface area contributed by atoms with Crippen molar-refractivity contribution in [3.63, 3.8) is 0 Å². The van der Waals surface area contributed by atoms with Gasteiger partial charge in [0, 0.05) is 23.7 Å². The van der Waals surface area contributed by atoms with Crippen molar-refractivity contribution in [3.05, 3.63) is 46.2 Å². The average molecular weight is 190 g/mol. The summed E-state index contributed by atoms with van der Waals surface area (Å²) in [6.45, 7) is 2.00. The lowest BCUT2D eigenvalue weighted by Gasteiger charge is -2.00. The van der Waals surface area contributed by atoms with E-state index in [9.17, 15) is 0 Å². The Balaban J connectivity index is 2.24. The molecule has 0 atom stereocenters. The topological polar surface area (TPSA) is 25.8 Å². The van der Waals surface area contributed by atoms with Crippen LogP contribution in [0.1, 0.15) is 16.3 Å². The molecule has 0 bridgehead atoms. The van der Waals surface area contributed by atoms with Crippen molar-refractivity contribution in [3.8, 4) is 0 Å². The van der Waals surface area contributed by atoms with E-state index in [1.165, 1.54) is 4.88 Å². The highest BCUT2D eigenvalue weighted by Crippen LogP contribution is 2.14. The van der Waals surface area contributed by atoms with Crippen molar-refractivity contribution in [2.75, 3.05) is 0 Å². The summed E-state index contributed by atoms with van der Waals surface area (Å²) in [6.07, 6.45) is 4.38. The Morgan fingerprint density at radius 3 is 2.85 bits per heavy atom. The standard InChI is InChI=1S/C10H10N2S/c1-8-10(12-5-4-11-8)7-9-3-2-6-13-9/h2-6H,7H2,1H3. The lowest BCUT2D eigenvalue weighted by Crippen LogP contribution is -1.95. The molecule has 0 aromatic carbocycles. The Labute approximate surface area is 81.3 Å². The van der Waals surface area contributed by atoms with Crippen LogP contribution in [0, 0.1) is 6.92 Å². The summed E-state index contributed by atoms with van der Waals surface area (Å²) in [6, 6.07) is 4.19. The molecule has 0 spiro atoms. The molecule has 0 saturated carbocycles. The van der Waals surface area contributed by atoms with Crippen molar-refractivity contribution in [1.29, 1.82) is 0 Å². The number of hydrogen-bond acceptors (Lipinski definition) is 3. The number of aryl methyl sites for hydroxylation is 1. The van der Waals surface area contributed by atoms with Crippen molar-refractivity contribution in [2.24, 2.45) is 0 Å². The van der Waals surface area contributed by atoms with E-state index in [0.29, 0.717) is 0 Å². The second-order valence-corrected chi connectivity index (χ2v) is 3.88. The van der Waals surface area contributed by atoms with Gasteiger partial charge in [-0.2, -0.15) is 0 Å². The first-order chi connectivity index (χ1) is 6.36. The van der Waals surface area contributed by atoms with Gasteiger partial charge in [-0.25, -0.2) is 0 Å². The van der Waals surface area contributed by atoms with E-state index < -0.39 is 0 Å². The van der Waals surface area contributed by atoms with Crippen LogP contribution in [0.15, 0.2) is 29.9 Å². The molecule has 0 amide bonds. The number of thiophene rings is 1. The van der Waals surface area contributed by atoms with Crippen LogP contribution in [0.5, 0.6) is 0 Å². The Bertz CT molecular complexity index is 382. The van der Waals surface area contributed by atoms with Crippen LogP contribution in [0.3, 0.4) is 0 Å². The molecule has 0 N–H and O–H groups in total. The smallest absolute Gasteiger partial charge is 0.0667 e. The van der Waals surface area contributed by atoms with Gasteiger partial charge in [-0.1, -0.05) is 6.07 Å². The quantitative estimate of drug-likeness (QED) is 0.727. The Morgan fingerprint density at radius 1 is 1.31 bits per heavy atom. The van der Waals surface area contributed by atoms with Crippen LogP contribution in [0.4, 0.5) is 0 Å². The molecule has 66 valence electrons. The molecule has 0 radical (unpaired) electrons. The molecule has 13 heavy (non-hydrogen) atoms. The summed E-state index contributed by atoms with van der Waals surface area (Å²) in [4.78, 5) is 9.84. The van der Waals surface area contributed by atoms with Gasteiger partial charge >= 0.3 is 0 Å². The van der Waals surface area contributed by atoms with E-state index in [1.54, 1.807) is 23.7 Å². The molecule has 2 rings (SSSR count). The molecule has 0 aliphatic heterocycles. The summed E-state index contributed by atoms with van der Waals surface area (Å²) >= 11 is 1.76. The minimum atomic E-state index is 0.900. The van der Waals surface area contributed by atoms with Crippen LogP contribution in [-0.4, -0.2) is 9.97 Å². The van der Waals surface area contributed by atoms with Crippen molar-refractivity contribution in [1.82, 2.24) is 9.97 Å². The summed E-state index contributed by atoms with van der Waals surface area (Å²) in [5.41, 5.74) is 2.10. The molecule has 2 aromatic rings. The average Bonchev–Trinajstić information content (AvgIpc) is 2.61. The Hall–Kier alpha value is -1.22. The van der Waals surface area contributed by atoms with Crippen molar-refractivity contribution < 1.29 is 0 Å². The molecule has 3 heteroatoms. The molecule has 0 unspecified atom stereocenters. The van der Waals surface area contributed by atoms with Gasteiger partial charge in [0.1, 0.15) is 0 Å². The lowest BCUT2D eigenvalue weighted by molar-refractivity contribution is 0.993. The van der Waals surface area contributed by atoms with Gasteiger partial charge in [-0.05, 0) is 18.4 Å². The van der Waals surface area contributed by atoms with Gasteiger partial charge in [0.2, 0.25) is 0 Å². The van der Waals surface area contributed by atoms with E-state index in [2.05, 4.69) is 27.5 Å². The molecule has 0 aliphatic carbocycles. The van der Waals surface area contributed by atoms with Crippen LogP contribution < -0.4 is 0 Å². The zero-order chi connectivity index (χ0) is 9.10. The first-order valence-corrected chi connectivity index (χ1v) is 5.03. The normalized spacial score (nSPS) is 10.2. The molecule has 2 aromatic heterocycles. The summed E-state index contributed by atoms with van der Waals surface area (Å²) in [5.74, 6) is 0. The first-order valence-electron chi connectivity index (χ1n) is 4.15. The number of hydrogen-bond donors (Lipinski definition) is 0. The fourth-order valence-electron chi connectivity index (χ4n) is 1.19. The molecule has 0 aliphatic rings. The molecule has 2 heterocycles. The highest BCUT2D eigenvalue weighted by molar-refractivity contribution is 7.09. The first kappa shape index (κ1) is 8.38. The number of rotatable bonds is 2. The maximum Gasteiger partial charge on any atom is 0.0667 e. The van der Waals surface area contributed by atoms with Gasteiger partial charge in [-0.3, -0.25) is 9.97 Å². The van der Waals surface area contributed by atoms with E-state index >= 15 is 0 Å². The monoisotopic (exact) mass is 190 g/mol. The maximum absolute atomic E-state index is 4.30. The molecule has 0 fully saturated rings. The molecular weight excluding hydrogens is 180 g/mol.